The van der Waals surface area contributed by atoms with Crippen LogP contribution in [0, 0.1) is 0 Å². The molecule has 0 aliphatic carbocycles. The number of fused-ring (bicyclic) bond motifs is 1. The molecule has 2 aromatic carbocycles. The fourth-order valence-electron chi connectivity index (χ4n) is 3.65. The van der Waals surface area contributed by atoms with Gasteiger partial charge in [0.15, 0.2) is 0 Å². The lowest BCUT2D eigenvalue weighted by Crippen LogP contribution is -2.38. The average molecular weight is 506 g/mol. The molecule has 10 heteroatoms. The van der Waals surface area contributed by atoms with Crippen LogP contribution in [0.2, 0.25) is 0 Å². The van der Waals surface area contributed by atoms with Crippen molar-refractivity contribution in [2.75, 3.05) is 51.6 Å². The highest BCUT2D eigenvalue weighted by molar-refractivity contribution is 7.20. The standard InChI is InChI=1S/C26H31N7O2S/c1-31(2)14-15-32(3)17-18-10-12-19(13-11-18)24(34)27-23-21-16-22(36-26(21)29-28-23)25(35)30-33(4)20-8-6-5-7-9-20/h5-13,16H,14-15,17H2,1-4H3,(H,30,35)(H2,27,28,29,34). The third-order valence-corrected chi connectivity index (χ3v) is 6.75. The number of benzene rings is 2. The molecule has 0 radical (unpaired) electrons. The number of hydrogen-bond acceptors (Lipinski definition) is 7. The van der Waals surface area contributed by atoms with Gasteiger partial charge in [0.05, 0.1) is 16.0 Å². The van der Waals surface area contributed by atoms with E-state index in [-0.39, 0.29) is 11.8 Å². The third kappa shape index (κ3) is 6.28. The van der Waals surface area contributed by atoms with Crippen molar-refractivity contribution in [3.8, 4) is 0 Å². The van der Waals surface area contributed by atoms with Gasteiger partial charge in [0.25, 0.3) is 11.8 Å². The monoisotopic (exact) mass is 505 g/mol. The van der Waals surface area contributed by atoms with Gasteiger partial charge in [-0.3, -0.25) is 25.1 Å². The summed E-state index contributed by atoms with van der Waals surface area (Å²) in [5.74, 6) is -0.0175. The molecule has 4 aromatic rings. The van der Waals surface area contributed by atoms with Crippen LogP contribution in [-0.4, -0.2) is 73.1 Å². The Labute approximate surface area is 214 Å². The van der Waals surface area contributed by atoms with Gasteiger partial charge in [0, 0.05) is 32.2 Å². The summed E-state index contributed by atoms with van der Waals surface area (Å²) < 4.78 is 0. The highest BCUT2D eigenvalue weighted by Crippen LogP contribution is 2.29. The third-order valence-electron chi connectivity index (χ3n) is 5.72. The van der Waals surface area contributed by atoms with Gasteiger partial charge in [-0.15, -0.1) is 11.3 Å². The molecule has 36 heavy (non-hydrogen) atoms. The molecule has 0 unspecified atom stereocenters. The molecule has 2 aromatic heterocycles. The lowest BCUT2D eigenvalue weighted by Gasteiger charge is -2.19. The molecule has 0 atom stereocenters. The largest absolute Gasteiger partial charge is 0.308 e. The Morgan fingerprint density at radius 1 is 0.944 bits per heavy atom. The number of thiophene rings is 1. The SMILES string of the molecule is CN(C)CCN(C)Cc1ccc(C(=O)Nc2[nH]nc3sc(C(=O)NN(C)c4ccccc4)cc23)cc1. The normalized spacial score (nSPS) is 11.3. The summed E-state index contributed by atoms with van der Waals surface area (Å²) in [5, 5.41) is 12.4. The van der Waals surface area contributed by atoms with Crippen LogP contribution in [0.4, 0.5) is 11.5 Å². The van der Waals surface area contributed by atoms with Gasteiger partial charge in [-0.05, 0) is 57.0 Å². The van der Waals surface area contributed by atoms with Gasteiger partial charge in [0.1, 0.15) is 10.6 Å². The van der Waals surface area contributed by atoms with Crippen LogP contribution >= 0.6 is 11.3 Å². The summed E-state index contributed by atoms with van der Waals surface area (Å²) in [7, 11) is 7.99. The topological polar surface area (TPSA) is 96.6 Å². The van der Waals surface area contributed by atoms with E-state index in [0.29, 0.717) is 26.5 Å². The van der Waals surface area contributed by atoms with Crippen molar-refractivity contribution in [1.82, 2.24) is 25.4 Å². The quantitative estimate of drug-likeness (QED) is 0.285. The average Bonchev–Trinajstić information content (AvgIpc) is 3.46. The molecular weight excluding hydrogens is 474 g/mol. The summed E-state index contributed by atoms with van der Waals surface area (Å²) in [6.07, 6.45) is 0. The summed E-state index contributed by atoms with van der Waals surface area (Å²) >= 11 is 1.26. The molecule has 0 spiro atoms. The molecule has 3 N–H and O–H groups in total. The van der Waals surface area contributed by atoms with Crippen molar-refractivity contribution in [3.05, 3.63) is 76.7 Å². The van der Waals surface area contributed by atoms with Crippen molar-refractivity contribution in [2.24, 2.45) is 0 Å². The molecule has 0 saturated carbocycles. The number of likely N-dealkylation sites (N-methyl/N-ethyl adjacent to an activating group) is 2. The summed E-state index contributed by atoms with van der Waals surface area (Å²) in [6, 6.07) is 18.9. The van der Waals surface area contributed by atoms with Crippen LogP contribution in [0.5, 0.6) is 0 Å². The molecule has 0 saturated heterocycles. The number of para-hydroxylation sites is 1. The Balaban J connectivity index is 1.38. The Bertz CT molecular complexity index is 1320. The Morgan fingerprint density at radius 3 is 2.36 bits per heavy atom. The minimum atomic E-state index is -0.243. The molecule has 0 bridgehead atoms. The minimum Gasteiger partial charge on any atom is -0.308 e. The van der Waals surface area contributed by atoms with E-state index in [0.717, 1.165) is 30.9 Å². The second kappa shape index (κ2) is 11.3. The lowest BCUT2D eigenvalue weighted by atomic mass is 10.1. The number of carbonyl (C=O) groups excluding carboxylic acids is 2. The number of amides is 2. The lowest BCUT2D eigenvalue weighted by molar-refractivity contribution is 0.0954. The van der Waals surface area contributed by atoms with Crippen LogP contribution in [0.3, 0.4) is 0 Å². The first-order valence-electron chi connectivity index (χ1n) is 11.6. The van der Waals surface area contributed by atoms with E-state index in [1.807, 2.05) is 54.6 Å². The van der Waals surface area contributed by atoms with Gasteiger partial charge in [-0.2, -0.15) is 5.10 Å². The number of rotatable bonds is 10. The second-order valence-corrected chi connectivity index (χ2v) is 9.99. The first-order chi connectivity index (χ1) is 17.3. The highest BCUT2D eigenvalue weighted by atomic mass is 32.1. The second-order valence-electron chi connectivity index (χ2n) is 8.96. The predicted octanol–water partition coefficient (Wildman–Crippen LogP) is 3.65. The van der Waals surface area contributed by atoms with E-state index >= 15 is 0 Å². The zero-order valence-electron chi connectivity index (χ0n) is 20.9. The summed E-state index contributed by atoms with van der Waals surface area (Å²) in [6.45, 7) is 2.77. The van der Waals surface area contributed by atoms with Gasteiger partial charge in [0.2, 0.25) is 0 Å². The number of H-pyrrole nitrogens is 1. The molecule has 9 nitrogen and oxygen atoms in total. The molecule has 2 amide bonds. The van der Waals surface area contributed by atoms with Crippen LogP contribution in [-0.2, 0) is 6.54 Å². The number of hydrogen-bond donors (Lipinski definition) is 3. The van der Waals surface area contributed by atoms with Crippen molar-refractivity contribution in [1.29, 1.82) is 0 Å². The summed E-state index contributed by atoms with van der Waals surface area (Å²) in [5.41, 5.74) is 5.42. The number of aromatic amines is 1. The fourth-order valence-corrected chi connectivity index (χ4v) is 4.54. The van der Waals surface area contributed by atoms with Gasteiger partial charge in [-0.1, -0.05) is 30.3 Å². The number of aromatic nitrogens is 2. The number of anilines is 2. The maximum atomic E-state index is 12.9. The molecule has 0 fully saturated rings. The molecule has 188 valence electrons. The number of nitrogens with one attached hydrogen (secondary N) is 3. The molecular formula is C26H31N7O2S. The molecule has 4 rings (SSSR count). The number of nitrogens with zero attached hydrogens (tertiary/aromatic N) is 4. The van der Waals surface area contributed by atoms with Crippen molar-refractivity contribution in [3.63, 3.8) is 0 Å². The maximum Gasteiger partial charge on any atom is 0.279 e. The zero-order chi connectivity index (χ0) is 25.7. The van der Waals surface area contributed by atoms with Crippen LogP contribution in [0.25, 0.3) is 10.2 Å². The van der Waals surface area contributed by atoms with Crippen LogP contribution < -0.4 is 15.8 Å². The predicted molar refractivity (Wildman–Crippen MR) is 146 cm³/mol. The number of carbonyl (C=O) groups is 2. The highest BCUT2D eigenvalue weighted by Gasteiger charge is 2.18. The van der Waals surface area contributed by atoms with E-state index in [1.54, 1.807) is 18.1 Å². The van der Waals surface area contributed by atoms with E-state index in [4.69, 9.17) is 0 Å². The minimum absolute atomic E-state index is 0.242. The Kier molecular flexibility index (Phi) is 7.99. The Morgan fingerprint density at radius 2 is 1.67 bits per heavy atom. The smallest absolute Gasteiger partial charge is 0.279 e. The zero-order valence-corrected chi connectivity index (χ0v) is 21.7. The maximum absolute atomic E-state index is 12.9. The van der Waals surface area contributed by atoms with Crippen LogP contribution in [0.1, 0.15) is 25.6 Å². The van der Waals surface area contributed by atoms with Gasteiger partial charge in [-0.25, -0.2) is 0 Å². The first-order valence-corrected chi connectivity index (χ1v) is 12.4. The van der Waals surface area contributed by atoms with E-state index in [2.05, 4.69) is 51.9 Å². The number of hydrazine groups is 1. The fraction of sp³-hybridized carbons (Fsp3) is 0.269. The Hall–Kier alpha value is -3.73. The van der Waals surface area contributed by atoms with E-state index in [9.17, 15) is 9.59 Å². The van der Waals surface area contributed by atoms with E-state index in [1.165, 1.54) is 11.3 Å². The first kappa shape index (κ1) is 25.4. The summed E-state index contributed by atoms with van der Waals surface area (Å²) in [4.78, 5) is 31.2. The molecule has 2 heterocycles. The van der Waals surface area contributed by atoms with Crippen LogP contribution in [0.15, 0.2) is 60.7 Å². The van der Waals surface area contributed by atoms with Crippen molar-refractivity contribution >= 4 is 44.9 Å². The molecule has 0 aliphatic rings. The van der Waals surface area contributed by atoms with Crippen molar-refractivity contribution in [2.45, 2.75) is 6.54 Å². The van der Waals surface area contributed by atoms with Crippen molar-refractivity contribution < 1.29 is 9.59 Å². The van der Waals surface area contributed by atoms with Gasteiger partial charge >= 0.3 is 0 Å². The van der Waals surface area contributed by atoms with E-state index < -0.39 is 0 Å². The van der Waals surface area contributed by atoms with Gasteiger partial charge < -0.3 is 15.1 Å². The molecule has 0 aliphatic heterocycles.